The molecule has 1 saturated heterocycles. The van der Waals surface area contributed by atoms with Crippen molar-refractivity contribution in [2.75, 3.05) is 38.2 Å². The van der Waals surface area contributed by atoms with Crippen LogP contribution in [0, 0.1) is 6.92 Å². The fraction of sp³-hybridized carbons (Fsp3) is 0.500. The number of nitrogens with zero attached hydrogens (tertiary/aromatic N) is 4. The van der Waals surface area contributed by atoms with Gasteiger partial charge in [-0.05, 0) is 43.5 Å². The number of aryl methyl sites for hydroxylation is 1. The van der Waals surface area contributed by atoms with Crippen molar-refractivity contribution < 1.29 is 9.53 Å². The number of hydrogen-bond acceptors (Lipinski definition) is 5. The van der Waals surface area contributed by atoms with Gasteiger partial charge in [0.25, 0.3) is 0 Å². The average Bonchev–Trinajstić information content (AvgIpc) is 3.18. The Balaban J connectivity index is 1.54. The zero-order valence-electron chi connectivity index (χ0n) is 17.9. The lowest BCUT2D eigenvalue weighted by Crippen LogP contribution is -2.51. The van der Waals surface area contributed by atoms with E-state index in [9.17, 15) is 4.79 Å². The van der Waals surface area contributed by atoms with Gasteiger partial charge in [-0.3, -0.25) is 9.30 Å². The van der Waals surface area contributed by atoms with Crippen molar-refractivity contribution in [1.29, 1.82) is 0 Å². The molecular formula is C24H30N4O2. The topological polar surface area (TPSA) is 50.1 Å². The van der Waals surface area contributed by atoms with E-state index in [1.165, 1.54) is 39.2 Å². The number of rotatable bonds is 3. The number of anilines is 1. The number of aromatic nitrogens is 2. The third-order valence-corrected chi connectivity index (χ3v) is 6.87. The van der Waals surface area contributed by atoms with Crippen molar-refractivity contribution in [1.82, 2.24) is 14.3 Å². The molecule has 0 unspecified atom stereocenters. The molecule has 1 aromatic carbocycles. The van der Waals surface area contributed by atoms with Gasteiger partial charge in [0, 0.05) is 32.2 Å². The summed E-state index contributed by atoms with van der Waals surface area (Å²) in [5.74, 6) is 0.786. The van der Waals surface area contributed by atoms with E-state index in [1.54, 1.807) is 0 Å². The van der Waals surface area contributed by atoms with Crippen LogP contribution in [0.25, 0.3) is 16.7 Å². The molecule has 30 heavy (non-hydrogen) atoms. The highest BCUT2D eigenvalue weighted by Crippen LogP contribution is 2.31. The summed E-state index contributed by atoms with van der Waals surface area (Å²) in [6.07, 6.45) is 6.85. The van der Waals surface area contributed by atoms with E-state index in [0.29, 0.717) is 11.2 Å². The van der Waals surface area contributed by atoms with Crippen LogP contribution in [-0.2, 0) is 4.74 Å². The number of fused-ring (bicyclic) bond motifs is 3. The van der Waals surface area contributed by atoms with E-state index >= 15 is 0 Å². The maximum atomic E-state index is 12.5. The predicted octanol–water partition coefficient (Wildman–Crippen LogP) is 4.04. The van der Waals surface area contributed by atoms with Gasteiger partial charge >= 0.3 is 5.97 Å². The Hall–Kier alpha value is -2.60. The van der Waals surface area contributed by atoms with Crippen molar-refractivity contribution in [2.45, 2.75) is 45.1 Å². The first kappa shape index (κ1) is 19.4. The second-order valence-corrected chi connectivity index (χ2v) is 8.63. The fourth-order valence-corrected chi connectivity index (χ4v) is 5.28. The minimum atomic E-state index is -0.332. The third-order valence-electron chi connectivity index (χ3n) is 6.87. The van der Waals surface area contributed by atoms with Crippen LogP contribution in [0.1, 0.15) is 48.0 Å². The van der Waals surface area contributed by atoms with Crippen LogP contribution < -0.4 is 4.90 Å². The van der Waals surface area contributed by atoms with Gasteiger partial charge in [-0.25, -0.2) is 9.78 Å². The smallest absolute Gasteiger partial charge is 0.341 e. The fourth-order valence-electron chi connectivity index (χ4n) is 5.28. The summed E-state index contributed by atoms with van der Waals surface area (Å²) in [6, 6.07) is 11.0. The summed E-state index contributed by atoms with van der Waals surface area (Å²) >= 11 is 0. The van der Waals surface area contributed by atoms with Crippen molar-refractivity contribution in [3.8, 4) is 0 Å². The lowest BCUT2D eigenvalue weighted by molar-refractivity contribution is 0.0601. The van der Waals surface area contributed by atoms with E-state index in [1.807, 2.05) is 25.1 Å². The van der Waals surface area contributed by atoms with E-state index in [4.69, 9.17) is 9.72 Å². The maximum Gasteiger partial charge on any atom is 0.341 e. The van der Waals surface area contributed by atoms with Crippen molar-refractivity contribution >= 4 is 28.5 Å². The van der Waals surface area contributed by atoms with E-state index in [-0.39, 0.29) is 5.97 Å². The van der Waals surface area contributed by atoms with Gasteiger partial charge in [0.1, 0.15) is 11.4 Å². The first-order valence-electron chi connectivity index (χ1n) is 11.2. The summed E-state index contributed by atoms with van der Waals surface area (Å²) in [7, 11) is 1.43. The molecule has 0 N–H and O–H groups in total. The molecule has 5 rings (SSSR count). The number of carbonyl (C=O) groups excluding carboxylic acids is 1. The highest BCUT2D eigenvalue weighted by atomic mass is 16.5. The first-order valence-corrected chi connectivity index (χ1v) is 11.2. The van der Waals surface area contributed by atoms with Crippen LogP contribution in [-0.4, -0.2) is 59.6 Å². The Morgan fingerprint density at radius 2 is 1.80 bits per heavy atom. The SMILES string of the molecule is COC(=O)c1c(C)cc(N2CCN(C3CCCCC3)CC2)n2c1nc1ccccc12. The minimum Gasteiger partial charge on any atom is -0.465 e. The lowest BCUT2D eigenvalue weighted by atomic mass is 9.94. The van der Waals surface area contributed by atoms with Gasteiger partial charge in [0.15, 0.2) is 5.65 Å². The quantitative estimate of drug-likeness (QED) is 0.615. The molecule has 0 atom stereocenters. The van der Waals surface area contributed by atoms with Crippen molar-refractivity contribution in [3.05, 3.63) is 41.5 Å². The van der Waals surface area contributed by atoms with Gasteiger partial charge in [0.2, 0.25) is 0 Å². The third kappa shape index (κ3) is 3.23. The van der Waals surface area contributed by atoms with Crippen LogP contribution in [0.2, 0.25) is 0 Å². The lowest BCUT2D eigenvalue weighted by Gasteiger charge is -2.41. The molecule has 3 heterocycles. The Labute approximate surface area is 177 Å². The molecule has 3 aromatic rings. The molecule has 158 valence electrons. The summed E-state index contributed by atoms with van der Waals surface area (Å²) in [5, 5.41) is 0. The number of carbonyl (C=O) groups is 1. The summed E-state index contributed by atoms with van der Waals surface area (Å²) in [5.41, 5.74) is 4.08. The number of ether oxygens (including phenoxy) is 1. The molecular weight excluding hydrogens is 376 g/mol. The Morgan fingerprint density at radius 3 is 2.53 bits per heavy atom. The number of methoxy groups -OCH3 is 1. The summed E-state index contributed by atoms with van der Waals surface area (Å²) < 4.78 is 7.22. The number of benzene rings is 1. The molecule has 2 fully saturated rings. The summed E-state index contributed by atoms with van der Waals surface area (Å²) in [4.78, 5) is 22.5. The predicted molar refractivity (Wildman–Crippen MR) is 119 cm³/mol. The monoisotopic (exact) mass is 406 g/mol. The molecule has 0 bridgehead atoms. The van der Waals surface area contributed by atoms with E-state index in [2.05, 4.69) is 26.3 Å². The van der Waals surface area contributed by atoms with Gasteiger partial charge in [-0.1, -0.05) is 31.4 Å². The van der Waals surface area contributed by atoms with Crippen LogP contribution in [0.15, 0.2) is 30.3 Å². The molecule has 0 amide bonds. The first-order chi connectivity index (χ1) is 14.7. The van der Waals surface area contributed by atoms with Gasteiger partial charge in [0.05, 0.1) is 18.1 Å². The van der Waals surface area contributed by atoms with E-state index < -0.39 is 0 Å². The maximum absolute atomic E-state index is 12.5. The number of para-hydroxylation sites is 2. The Morgan fingerprint density at radius 1 is 1.07 bits per heavy atom. The number of esters is 1. The highest BCUT2D eigenvalue weighted by molar-refractivity contribution is 6.00. The molecule has 2 aliphatic rings. The van der Waals surface area contributed by atoms with Crippen molar-refractivity contribution in [2.24, 2.45) is 0 Å². The Kier molecular flexibility index (Phi) is 5.11. The number of imidazole rings is 1. The zero-order valence-corrected chi connectivity index (χ0v) is 17.9. The average molecular weight is 407 g/mol. The molecule has 1 aliphatic heterocycles. The molecule has 1 saturated carbocycles. The van der Waals surface area contributed by atoms with Crippen LogP contribution in [0.5, 0.6) is 0 Å². The molecule has 6 heteroatoms. The van der Waals surface area contributed by atoms with Gasteiger partial charge < -0.3 is 9.64 Å². The molecule has 0 radical (unpaired) electrons. The standard InChI is InChI=1S/C24H30N4O2/c1-17-16-21(27-14-12-26(13-15-27)18-8-4-3-5-9-18)28-20-11-7-6-10-19(20)25-23(28)22(17)24(29)30-2/h6-7,10-11,16,18H,3-5,8-9,12-15H2,1-2H3. The Bertz CT molecular complexity index is 1080. The van der Waals surface area contributed by atoms with Crippen LogP contribution in [0.4, 0.5) is 5.82 Å². The van der Waals surface area contributed by atoms with Crippen LogP contribution >= 0.6 is 0 Å². The number of piperazine rings is 1. The van der Waals surface area contributed by atoms with E-state index in [0.717, 1.165) is 54.6 Å². The molecule has 6 nitrogen and oxygen atoms in total. The van der Waals surface area contributed by atoms with Crippen molar-refractivity contribution in [3.63, 3.8) is 0 Å². The molecule has 2 aromatic heterocycles. The van der Waals surface area contributed by atoms with Crippen LogP contribution in [0.3, 0.4) is 0 Å². The minimum absolute atomic E-state index is 0.332. The number of hydrogen-bond donors (Lipinski definition) is 0. The highest BCUT2D eigenvalue weighted by Gasteiger charge is 2.28. The van der Waals surface area contributed by atoms with Gasteiger partial charge in [-0.2, -0.15) is 0 Å². The second kappa shape index (κ2) is 7.91. The number of pyridine rings is 1. The summed E-state index contributed by atoms with van der Waals surface area (Å²) in [6.45, 7) is 6.16. The molecule has 0 spiro atoms. The molecule has 1 aliphatic carbocycles. The van der Waals surface area contributed by atoms with Gasteiger partial charge in [-0.15, -0.1) is 0 Å². The largest absolute Gasteiger partial charge is 0.465 e. The zero-order chi connectivity index (χ0) is 20.7. The second-order valence-electron chi connectivity index (χ2n) is 8.63. The normalized spacial score (nSPS) is 18.9.